The zero-order chi connectivity index (χ0) is 10.7. The van der Waals surface area contributed by atoms with Gasteiger partial charge in [-0.15, -0.1) is 0 Å². The Kier molecular flexibility index (Phi) is 4.00. The third-order valence-electron chi connectivity index (χ3n) is 3.95. The molecule has 2 aliphatic rings. The predicted octanol–water partition coefficient (Wildman–Crippen LogP) is 0.764. The highest BCUT2D eigenvalue weighted by molar-refractivity contribution is 4.82. The molecule has 2 saturated heterocycles. The summed E-state index contributed by atoms with van der Waals surface area (Å²) in [6.07, 6.45) is 4.10. The van der Waals surface area contributed by atoms with E-state index in [9.17, 15) is 0 Å². The van der Waals surface area contributed by atoms with Gasteiger partial charge in [-0.25, -0.2) is 0 Å². The Bertz CT molecular complexity index is 181. The van der Waals surface area contributed by atoms with Gasteiger partial charge in [0.15, 0.2) is 0 Å². The van der Waals surface area contributed by atoms with Gasteiger partial charge >= 0.3 is 0 Å². The molecule has 15 heavy (non-hydrogen) atoms. The maximum atomic E-state index is 3.60. The first kappa shape index (κ1) is 11.4. The molecule has 2 fully saturated rings. The zero-order valence-corrected chi connectivity index (χ0v) is 10.2. The molecule has 0 saturated carbocycles. The highest BCUT2D eigenvalue weighted by Gasteiger charge is 2.23. The minimum absolute atomic E-state index is 0.759. The van der Waals surface area contributed by atoms with Crippen LogP contribution in [0, 0.1) is 0 Å². The summed E-state index contributed by atoms with van der Waals surface area (Å²) in [5, 5.41) is 3.60. The van der Waals surface area contributed by atoms with Gasteiger partial charge in [0.2, 0.25) is 0 Å². The smallest absolute Gasteiger partial charge is 0.0113 e. The Hall–Kier alpha value is -0.120. The third-order valence-corrected chi connectivity index (χ3v) is 3.95. The molecule has 2 aliphatic heterocycles. The largest absolute Gasteiger partial charge is 0.314 e. The van der Waals surface area contributed by atoms with Crippen LogP contribution in [-0.4, -0.2) is 61.7 Å². The van der Waals surface area contributed by atoms with E-state index in [4.69, 9.17) is 0 Å². The van der Waals surface area contributed by atoms with Crippen LogP contribution >= 0.6 is 0 Å². The topological polar surface area (TPSA) is 18.5 Å². The molecule has 88 valence electrons. The van der Waals surface area contributed by atoms with Crippen molar-refractivity contribution in [3.8, 4) is 0 Å². The van der Waals surface area contributed by atoms with Crippen molar-refractivity contribution < 1.29 is 0 Å². The van der Waals surface area contributed by atoms with Crippen LogP contribution in [0.1, 0.15) is 26.2 Å². The SMILES string of the molecule is CC(CC1CCCN1)N1CCN(C)CC1. The van der Waals surface area contributed by atoms with Crippen molar-refractivity contribution in [3.63, 3.8) is 0 Å². The first-order valence-electron chi connectivity index (χ1n) is 6.41. The summed E-state index contributed by atoms with van der Waals surface area (Å²) in [5.41, 5.74) is 0. The molecule has 0 aromatic rings. The average Bonchev–Trinajstić information content (AvgIpc) is 2.71. The van der Waals surface area contributed by atoms with Gasteiger partial charge in [-0.05, 0) is 39.8 Å². The van der Waals surface area contributed by atoms with Gasteiger partial charge in [0.25, 0.3) is 0 Å². The summed E-state index contributed by atoms with van der Waals surface area (Å²) in [7, 11) is 2.22. The van der Waals surface area contributed by atoms with E-state index in [0.717, 1.165) is 12.1 Å². The van der Waals surface area contributed by atoms with E-state index < -0.39 is 0 Å². The Morgan fingerprint density at radius 3 is 2.60 bits per heavy atom. The number of rotatable bonds is 3. The number of likely N-dealkylation sites (N-methyl/N-ethyl adjacent to an activating group) is 1. The van der Waals surface area contributed by atoms with Crippen molar-refractivity contribution in [1.82, 2.24) is 15.1 Å². The van der Waals surface area contributed by atoms with Crippen LogP contribution in [0.4, 0.5) is 0 Å². The summed E-state index contributed by atoms with van der Waals surface area (Å²) >= 11 is 0. The molecule has 0 bridgehead atoms. The van der Waals surface area contributed by atoms with E-state index >= 15 is 0 Å². The second-order valence-corrected chi connectivity index (χ2v) is 5.22. The van der Waals surface area contributed by atoms with E-state index in [1.165, 1.54) is 52.0 Å². The quantitative estimate of drug-likeness (QED) is 0.744. The van der Waals surface area contributed by atoms with E-state index in [1.54, 1.807) is 0 Å². The molecule has 0 aromatic carbocycles. The normalized spacial score (nSPS) is 32.0. The monoisotopic (exact) mass is 211 g/mol. The maximum absolute atomic E-state index is 3.60. The Morgan fingerprint density at radius 2 is 2.00 bits per heavy atom. The molecular formula is C12H25N3. The van der Waals surface area contributed by atoms with Crippen LogP contribution in [0.15, 0.2) is 0 Å². The standard InChI is InChI=1S/C12H25N3/c1-11(10-12-4-3-5-13-12)15-8-6-14(2)7-9-15/h11-13H,3-10H2,1-2H3. The van der Waals surface area contributed by atoms with E-state index in [2.05, 4.69) is 29.1 Å². The average molecular weight is 211 g/mol. The number of piperazine rings is 1. The molecule has 2 unspecified atom stereocenters. The first-order chi connectivity index (χ1) is 7.25. The summed E-state index contributed by atoms with van der Waals surface area (Å²) in [6, 6.07) is 1.55. The van der Waals surface area contributed by atoms with Crippen LogP contribution in [0.5, 0.6) is 0 Å². The van der Waals surface area contributed by atoms with Crippen LogP contribution in [0.25, 0.3) is 0 Å². The molecule has 3 heteroatoms. The maximum Gasteiger partial charge on any atom is 0.0113 e. The van der Waals surface area contributed by atoms with Crippen LogP contribution in [0.3, 0.4) is 0 Å². The number of nitrogens with one attached hydrogen (secondary N) is 1. The van der Waals surface area contributed by atoms with Crippen LogP contribution in [0.2, 0.25) is 0 Å². The fourth-order valence-electron chi connectivity index (χ4n) is 2.78. The van der Waals surface area contributed by atoms with E-state index in [1.807, 2.05) is 0 Å². The third kappa shape index (κ3) is 3.16. The fraction of sp³-hybridized carbons (Fsp3) is 1.00. The number of hydrogen-bond acceptors (Lipinski definition) is 3. The minimum Gasteiger partial charge on any atom is -0.314 e. The Balaban J connectivity index is 1.72. The molecule has 0 radical (unpaired) electrons. The van der Waals surface area contributed by atoms with Crippen molar-refractivity contribution in [3.05, 3.63) is 0 Å². The molecule has 2 atom stereocenters. The van der Waals surface area contributed by atoms with Gasteiger partial charge in [-0.1, -0.05) is 0 Å². The lowest BCUT2D eigenvalue weighted by molar-refractivity contribution is 0.110. The lowest BCUT2D eigenvalue weighted by Gasteiger charge is -2.37. The number of nitrogens with zero attached hydrogens (tertiary/aromatic N) is 2. The van der Waals surface area contributed by atoms with Crippen LogP contribution < -0.4 is 5.32 Å². The van der Waals surface area contributed by atoms with Gasteiger partial charge in [0.05, 0.1) is 0 Å². The zero-order valence-electron chi connectivity index (χ0n) is 10.2. The summed E-state index contributed by atoms with van der Waals surface area (Å²) in [5.74, 6) is 0. The van der Waals surface area contributed by atoms with Gasteiger partial charge in [-0.2, -0.15) is 0 Å². The first-order valence-corrected chi connectivity index (χ1v) is 6.41. The van der Waals surface area contributed by atoms with Crippen LogP contribution in [-0.2, 0) is 0 Å². The molecule has 1 N–H and O–H groups in total. The fourth-order valence-corrected chi connectivity index (χ4v) is 2.78. The highest BCUT2D eigenvalue weighted by atomic mass is 15.3. The molecule has 0 amide bonds. The Labute approximate surface area is 93.8 Å². The van der Waals surface area contributed by atoms with Gasteiger partial charge < -0.3 is 10.2 Å². The lowest BCUT2D eigenvalue weighted by Crippen LogP contribution is -2.49. The van der Waals surface area contributed by atoms with Gasteiger partial charge in [0.1, 0.15) is 0 Å². The van der Waals surface area contributed by atoms with Gasteiger partial charge in [0, 0.05) is 38.3 Å². The van der Waals surface area contributed by atoms with Crippen molar-refractivity contribution in [2.45, 2.75) is 38.3 Å². The van der Waals surface area contributed by atoms with E-state index in [0.29, 0.717) is 0 Å². The molecule has 0 aliphatic carbocycles. The Morgan fingerprint density at radius 1 is 1.27 bits per heavy atom. The van der Waals surface area contributed by atoms with Crippen molar-refractivity contribution in [2.24, 2.45) is 0 Å². The molecule has 0 spiro atoms. The van der Waals surface area contributed by atoms with Crippen molar-refractivity contribution >= 4 is 0 Å². The summed E-state index contributed by atoms with van der Waals surface area (Å²) in [4.78, 5) is 5.08. The molecule has 0 aromatic heterocycles. The van der Waals surface area contributed by atoms with Crippen molar-refractivity contribution in [2.75, 3.05) is 39.8 Å². The van der Waals surface area contributed by atoms with Gasteiger partial charge in [-0.3, -0.25) is 4.90 Å². The molecule has 2 rings (SSSR count). The minimum atomic E-state index is 0.759. The molecule has 2 heterocycles. The van der Waals surface area contributed by atoms with E-state index in [-0.39, 0.29) is 0 Å². The lowest BCUT2D eigenvalue weighted by atomic mass is 10.0. The molecule has 3 nitrogen and oxygen atoms in total. The second kappa shape index (κ2) is 5.28. The predicted molar refractivity (Wildman–Crippen MR) is 64.2 cm³/mol. The van der Waals surface area contributed by atoms with Crippen molar-refractivity contribution in [1.29, 1.82) is 0 Å². The highest BCUT2D eigenvalue weighted by Crippen LogP contribution is 2.15. The molecular weight excluding hydrogens is 186 g/mol. The number of hydrogen-bond donors (Lipinski definition) is 1. The summed E-state index contributed by atoms with van der Waals surface area (Å²) in [6.45, 7) is 8.62. The summed E-state index contributed by atoms with van der Waals surface area (Å²) < 4.78 is 0. The second-order valence-electron chi connectivity index (χ2n) is 5.22.